The normalized spacial score (nSPS) is 15.3. The number of carbonyl (C=O) groups is 2. The fourth-order valence-corrected chi connectivity index (χ4v) is 1.43. The Morgan fingerprint density at radius 1 is 1.40 bits per heavy atom. The van der Waals surface area contributed by atoms with Crippen molar-refractivity contribution in [3.8, 4) is 0 Å². The van der Waals surface area contributed by atoms with Crippen LogP contribution in [0.5, 0.6) is 0 Å². The van der Waals surface area contributed by atoms with Gasteiger partial charge >= 0.3 is 5.97 Å². The van der Waals surface area contributed by atoms with Gasteiger partial charge in [-0.3, -0.25) is 14.5 Å². The highest BCUT2D eigenvalue weighted by atomic mass is 16.4. The molecule has 2 N–H and O–H groups in total. The Labute approximate surface area is 89.4 Å². The molecule has 15 heavy (non-hydrogen) atoms. The van der Waals surface area contributed by atoms with Crippen molar-refractivity contribution in [2.45, 2.75) is 32.2 Å². The molecule has 0 aliphatic heterocycles. The fraction of sp³-hybridized carbons (Fsp3) is 0.800. The van der Waals surface area contributed by atoms with Gasteiger partial charge in [0.2, 0.25) is 5.91 Å². The van der Waals surface area contributed by atoms with E-state index in [4.69, 9.17) is 5.11 Å². The zero-order valence-corrected chi connectivity index (χ0v) is 9.03. The van der Waals surface area contributed by atoms with Gasteiger partial charge in [-0.1, -0.05) is 6.92 Å². The van der Waals surface area contributed by atoms with E-state index in [0.717, 1.165) is 19.3 Å². The minimum absolute atomic E-state index is 0.0375. The number of amides is 1. The van der Waals surface area contributed by atoms with Crippen LogP contribution in [0.25, 0.3) is 0 Å². The maximum Gasteiger partial charge on any atom is 0.317 e. The number of nitrogens with one attached hydrogen (secondary N) is 1. The van der Waals surface area contributed by atoms with Gasteiger partial charge in [-0.2, -0.15) is 0 Å². The third-order valence-corrected chi connectivity index (χ3v) is 2.32. The molecule has 1 amide bonds. The van der Waals surface area contributed by atoms with Crippen molar-refractivity contribution >= 4 is 11.9 Å². The molecule has 0 atom stereocenters. The highest BCUT2D eigenvalue weighted by Gasteiger charge is 2.31. The van der Waals surface area contributed by atoms with Crippen LogP contribution in [0, 0.1) is 0 Å². The highest BCUT2D eigenvalue weighted by molar-refractivity contribution is 5.79. The predicted octanol–water partition coefficient (Wildman–Crippen LogP) is 0.0616. The second-order valence-corrected chi connectivity index (χ2v) is 3.88. The SMILES string of the molecule is CCCNC(=O)CN(CC(=O)O)C1CC1. The molecule has 0 unspecified atom stereocenters. The van der Waals surface area contributed by atoms with Gasteiger partial charge < -0.3 is 10.4 Å². The largest absolute Gasteiger partial charge is 0.480 e. The van der Waals surface area contributed by atoms with E-state index in [-0.39, 0.29) is 19.0 Å². The quantitative estimate of drug-likeness (QED) is 0.629. The zero-order valence-electron chi connectivity index (χ0n) is 9.03. The van der Waals surface area contributed by atoms with Gasteiger partial charge in [-0.05, 0) is 19.3 Å². The summed E-state index contributed by atoms with van der Waals surface area (Å²) in [5.41, 5.74) is 0. The molecule has 1 saturated carbocycles. The van der Waals surface area contributed by atoms with E-state index in [9.17, 15) is 9.59 Å². The molecular formula is C10H18N2O3. The van der Waals surface area contributed by atoms with Crippen LogP contribution >= 0.6 is 0 Å². The summed E-state index contributed by atoms with van der Waals surface area (Å²) < 4.78 is 0. The molecular weight excluding hydrogens is 196 g/mol. The van der Waals surface area contributed by atoms with Crippen molar-refractivity contribution in [1.82, 2.24) is 10.2 Å². The highest BCUT2D eigenvalue weighted by Crippen LogP contribution is 2.26. The number of carboxylic acid groups (broad SMARTS) is 1. The van der Waals surface area contributed by atoms with Gasteiger partial charge in [0, 0.05) is 12.6 Å². The van der Waals surface area contributed by atoms with Crippen LogP contribution in [0.1, 0.15) is 26.2 Å². The monoisotopic (exact) mass is 214 g/mol. The molecule has 0 heterocycles. The number of aliphatic carboxylic acids is 1. The van der Waals surface area contributed by atoms with E-state index in [1.165, 1.54) is 0 Å². The Kier molecular flexibility index (Phi) is 4.55. The topological polar surface area (TPSA) is 69.6 Å². The van der Waals surface area contributed by atoms with E-state index < -0.39 is 5.97 Å². The van der Waals surface area contributed by atoms with Gasteiger partial charge in [0.15, 0.2) is 0 Å². The minimum Gasteiger partial charge on any atom is -0.480 e. The van der Waals surface area contributed by atoms with Gasteiger partial charge in [-0.15, -0.1) is 0 Å². The molecule has 0 bridgehead atoms. The first-order chi connectivity index (χ1) is 7.13. The Bertz CT molecular complexity index is 239. The summed E-state index contributed by atoms with van der Waals surface area (Å²) in [4.78, 5) is 23.7. The number of carbonyl (C=O) groups excluding carboxylic acids is 1. The molecule has 1 aliphatic rings. The van der Waals surface area contributed by atoms with Crippen LogP contribution in [-0.2, 0) is 9.59 Å². The minimum atomic E-state index is -0.870. The van der Waals surface area contributed by atoms with E-state index in [1.54, 1.807) is 4.90 Å². The van der Waals surface area contributed by atoms with Gasteiger partial charge in [0.05, 0.1) is 13.1 Å². The first-order valence-electron chi connectivity index (χ1n) is 5.36. The molecule has 5 heteroatoms. The lowest BCUT2D eigenvalue weighted by Crippen LogP contribution is -2.41. The van der Waals surface area contributed by atoms with E-state index in [1.807, 2.05) is 6.92 Å². The average Bonchev–Trinajstić information content (AvgIpc) is 2.96. The summed E-state index contributed by atoms with van der Waals surface area (Å²) in [5.74, 6) is -0.949. The maximum atomic E-state index is 11.4. The summed E-state index contributed by atoms with van der Waals surface area (Å²) in [6, 6.07) is 0.300. The molecule has 86 valence electrons. The Balaban J connectivity index is 2.30. The van der Waals surface area contributed by atoms with Crippen LogP contribution in [0.4, 0.5) is 0 Å². The Hall–Kier alpha value is -1.10. The summed E-state index contributed by atoms with van der Waals surface area (Å²) in [6.45, 7) is 2.81. The van der Waals surface area contributed by atoms with E-state index >= 15 is 0 Å². The second kappa shape index (κ2) is 5.70. The molecule has 1 aliphatic carbocycles. The molecule has 1 rings (SSSR count). The predicted molar refractivity (Wildman–Crippen MR) is 55.5 cm³/mol. The molecule has 0 aromatic heterocycles. The number of carboxylic acids is 1. The third kappa shape index (κ3) is 4.78. The average molecular weight is 214 g/mol. The van der Waals surface area contributed by atoms with Crippen LogP contribution in [0.2, 0.25) is 0 Å². The molecule has 0 radical (unpaired) electrons. The number of hydrogen-bond acceptors (Lipinski definition) is 3. The van der Waals surface area contributed by atoms with Gasteiger partial charge in [0.1, 0.15) is 0 Å². The zero-order chi connectivity index (χ0) is 11.3. The van der Waals surface area contributed by atoms with Crippen molar-refractivity contribution in [1.29, 1.82) is 0 Å². The van der Waals surface area contributed by atoms with Crippen molar-refractivity contribution in [2.24, 2.45) is 0 Å². The summed E-state index contributed by atoms with van der Waals surface area (Å²) in [6.07, 6.45) is 2.91. The molecule has 0 saturated heterocycles. The van der Waals surface area contributed by atoms with Crippen molar-refractivity contribution in [2.75, 3.05) is 19.6 Å². The molecule has 5 nitrogen and oxygen atoms in total. The maximum absolute atomic E-state index is 11.4. The van der Waals surface area contributed by atoms with Crippen molar-refractivity contribution < 1.29 is 14.7 Å². The summed E-state index contributed by atoms with van der Waals surface area (Å²) in [7, 11) is 0. The van der Waals surface area contributed by atoms with E-state index in [2.05, 4.69) is 5.32 Å². The van der Waals surface area contributed by atoms with Crippen LogP contribution in [-0.4, -0.2) is 47.6 Å². The number of rotatable bonds is 7. The lowest BCUT2D eigenvalue weighted by atomic mass is 10.4. The van der Waals surface area contributed by atoms with Crippen molar-refractivity contribution in [3.63, 3.8) is 0 Å². The molecule has 1 fully saturated rings. The van der Waals surface area contributed by atoms with Crippen LogP contribution in [0.15, 0.2) is 0 Å². The van der Waals surface area contributed by atoms with Crippen LogP contribution < -0.4 is 5.32 Å². The first-order valence-corrected chi connectivity index (χ1v) is 5.36. The Morgan fingerprint density at radius 3 is 2.53 bits per heavy atom. The summed E-state index contributed by atoms with van der Waals surface area (Å²) in [5, 5.41) is 11.4. The van der Waals surface area contributed by atoms with Gasteiger partial charge in [-0.25, -0.2) is 0 Å². The number of hydrogen-bond donors (Lipinski definition) is 2. The number of nitrogens with zero attached hydrogens (tertiary/aromatic N) is 1. The second-order valence-electron chi connectivity index (χ2n) is 3.88. The standard InChI is InChI=1S/C10H18N2O3/c1-2-5-11-9(13)6-12(7-10(14)15)8-3-4-8/h8H,2-7H2,1H3,(H,11,13)(H,14,15). The molecule has 0 aromatic carbocycles. The fourth-order valence-electron chi connectivity index (χ4n) is 1.43. The first kappa shape index (κ1) is 12.0. The van der Waals surface area contributed by atoms with E-state index in [0.29, 0.717) is 12.6 Å². The molecule has 0 aromatic rings. The lowest BCUT2D eigenvalue weighted by molar-refractivity contribution is -0.138. The summed E-state index contributed by atoms with van der Waals surface area (Å²) >= 11 is 0. The third-order valence-electron chi connectivity index (χ3n) is 2.32. The van der Waals surface area contributed by atoms with Gasteiger partial charge in [0.25, 0.3) is 0 Å². The molecule has 0 spiro atoms. The lowest BCUT2D eigenvalue weighted by Gasteiger charge is -2.18. The smallest absolute Gasteiger partial charge is 0.317 e. The van der Waals surface area contributed by atoms with Crippen molar-refractivity contribution in [3.05, 3.63) is 0 Å². The Morgan fingerprint density at radius 2 is 2.07 bits per heavy atom. The van der Waals surface area contributed by atoms with Crippen LogP contribution in [0.3, 0.4) is 0 Å².